The van der Waals surface area contributed by atoms with Crippen molar-refractivity contribution in [1.82, 2.24) is 5.32 Å². The number of unbranched alkanes of at least 4 members (excludes halogenated alkanes) is 1. The lowest BCUT2D eigenvalue weighted by Crippen LogP contribution is -2.35. The largest absolute Gasteiger partial charge is 0.396 e. The average molecular weight is 385 g/mol. The number of nitrogens with one attached hydrogen (secondary N) is 2. The molecule has 0 aliphatic carbocycles. The molecule has 0 radical (unpaired) electrons. The molecule has 2 rings (SSSR count). The third kappa shape index (κ3) is 7.16. The van der Waals surface area contributed by atoms with Crippen LogP contribution in [0, 0.1) is 11.6 Å². The number of hydrogen-bond acceptors (Lipinski definition) is 3. The Balaban J connectivity index is 0.000000597. The number of carbonyl (C=O) groups excluding carboxylic acids is 2. The summed E-state index contributed by atoms with van der Waals surface area (Å²) >= 11 is 5.68. The van der Waals surface area contributed by atoms with Crippen LogP contribution in [0.4, 0.5) is 19.3 Å². The van der Waals surface area contributed by atoms with Gasteiger partial charge in [0, 0.05) is 17.3 Å². The number of anilines is 1. The third-order valence-electron chi connectivity index (χ3n) is 3.03. The van der Waals surface area contributed by atoms with E-state index in [9.17, 15) is 18.4 Å². The fourth-order valence-electron chi connectivity index (χ4n) is 1.73. The van der Waals surface area contributed by atoms with Crippen LogP contribution in [-0.4, -0.2) is 23.7 Å². The highest BCUT2D eigenvalue weighted by atomic mass is 35.5. The minimum Gasteiger partial charge on any atom is -0.396 e. The van der Waals surface area contributed by atoms with Gasteiger partial charge in [0.2, 0.25) is 0 Å². The van der Waals surface area contributed by atoms with Crippen molar-refractivity contribution in [3.8, 4) is 0 Å². The van der Waals surface area contributed by atoms with Crippen LogP contribution >= 0.6 is 11.6 Å². The van der Waals surface area contributed by atoms with Gasteiger partial charge in [0.25, 0.3) is 5.91 Å². The molecule has 0 saturated heterocycles. The van der Waals surface area contributed by atoms with Gasteiger partial charge >= 0.3 is 6.03 Å². The van der Waals surface area contributed by atoms with Crippen molar-refractivity contribution in [2.24, 2.45) is 0 Å². The Labute approximate surface area is 155 Å². The normalized spacial score (nSPS) is 9.73. The third-order valence-corrected chi connectivity index (χ3v) is 3.28. The molecule has 3 amide bonds. The van der Waals surface area contributed by atoms with Gasteiger partial charge in [0.05, 0.1) is 0 Å². The number of benzene rings is 2. The van der Waals surface area contributed by atoms with Gasteiger partial charge in [-0.3, -0.25) is 10.1 Å². The highest BCUT2D eigenvalue weighted by Gasteiger charge is 2.19. The van der Waals surface area contributed by atoms with Gasteiger partial charge in [0.1, 0.15) is 17.2 Å². The van der Waals surface area contributed by atoms with Crippen LogP contribution in [0.1, 0.15) is 30.1 Å². The standard InChI is InChI=1S/C14H9ClF2N2O2.C4H10O/c15-8-4-6-9(7-5-8)18-14(21)19-13(20)12-10(16)2-1-3-11(12)17;1-2-3-4-5/h1-7H,(H2,18,19,20,21);5H,2-4H2,1H3. The van der Waals surface area contributed by atoms with Gasteiger partial charge in [-0.1, -0.05) is 31.0 Å². The molecule has 0 saturated carbocycles. The summed E-state index contributed by atoms with van der Waals surface area (Å²) in [5.41, 5.74) is -0.442. The molecule has 0 aliphatic heterocycles. The number of carbonyl (C=O) groups is 2. The molecule has 0 bridgehead atoms. The van der Waals surface area contributed by atoms with Gasteiger partial charge in [-0.05, 0) is 42.8 Å². The molecule has 0 spiro atoms. The van der Waals surface area contributed by atoms with Gasteiger partial charge in [0.15, 0.2) is 0 Å². The summed E-state index contributed by atoms with van der Waals surface area (Å²) in [6, 6.07) is 8.15. The summed E-state index contributed by atoms with van der Waals surface area (Å²) in [6.45, 7) is 2.40. The molecule has 26 heavy (non-hydrogen) atoms. The van der Waals surface area contributed by atoms with Crippen LogP contribution in [0.3, 0.4) is 0 Å². The second kappa shape index (κ2) is 11.2. The van der Waals surface area contributed by atoms with E-state index >= 15 is 0 Å². The van der Waals surface area contributed by atoms with E-state index in [4.69, 9.17) is 16.7 Å². The summed E-state index contributed by atoms with van der Waals surface area (Å²) in [5.74, 6) is -3.27. The Morgan fingerprint density at radius 1 is 1.08 bits per heavy atom. The van der Waals surface area contributed by atoms with E-state index in [-0.39, 0.29) is 0 Å². The van der Waals surface area contributed by atoms with Crippen molar-refractivity contribution < 1.29 is 23.5 Å². The Bertz CT molecular complexity index is 717. The number of aliphatic hydroxyl groups excluding tert-OH is 1. The van der Waals surface area contributed by atoms with Crippen molar-refractivity contribution in [2.45, 2.75) is 19.8 Å². The molecule has 140 valence electrons. The Morgan fingerprint density at radius 2 is 1.65 bits per heavy atom. The highest BCUT2D eigenvalue weighted by Crippen LogP contribution is 2.14. The Kier molecular flexibility index (Phi) is 9.25. The average Bonchev–Trinajstić information content (AvgIpc) is 2.58. The Hall–Kier alpha value is -2.51. The summed E-state index contributed by atoms with van der Waals surface area (Å²) in [5, 5.41) is 12.7. The van der Waals surface area contributed by atoms with Gasteiger partial charge in [-0.15, -0.1) is 0 Å². The molecule has 0 heterocycles. The fourth-order valence-corrected chi connectivity index (χ4v) is 1.86. The zero-order chi connectivity index (χ0) is 19.5. The SMILES string of the molecule is CCCCO.O=C(NC(=O)c1c(F)cccc1F)Nc1ccc(Cl)cc1. The van der Waals surface area contributed by atoms with E-state index < -0.39 is 29.1 Å². The van der Waals surface area contributed by atoms with Crippen LogP contribution in [0.15, 0.2) is 42.5 Å². The first-order valence-corrected chi connectivity index (χ1v) is 8.19. The maximum Gasteiger partial charge on any atom is 0.326 e. The predicted octanol–water partition coefficient (Wildman–Crippen LogP) is 4.36. The number of aliphatic hydroxyl groups is 1. The van der Waals surface area contributed by atoms with Crippen molar-refractivity contribution in [3.63, 3.8) is 0 Å². The van der Waals surface area contributed by atoms with Gasteiger partial charge in [-0.2, -0.15) is 0 Å². The topological polar surface area (TPSA) is 78.4 Å². The number of amides is 3. The van der Waals surface area contributed by atoms with Crippen molar-refractivity contribution in [3.05, 3.63) is 64.7 Å². The van der Waals surface area contributed by atoms with Crippen LogP contribution in [0.5, 0.6) is 0 Å². The minimum atomic E-state index is -1.17. The highest BCUT2D eigenvalue weighted by molar-refractivity contribution is 6.30. The molecule has 0 unspecified atom stereocenters. The molecule has 0 aromatic heterocycles. The van der Waals surface area contributed by atoms with Crippen LogP contribution < -0.4 is 10.6 Å². The van der Waals surface area contributed by atoms with Gasteiger partial charge in [-0.25, -0.2) is 13.6 Å². The summed E-state index contributed by atoms with van der Waals surface area (Å²) in [6.07, 6.45) is 2.04. The van der Waals surface area contributed by atoms with E-state index in [1.165, 1.54) is 24.3 Å². The van der Waals surface area contributed by atoms with Crippen molar-refractivity contribution in [1.29, 1.82) is 0 Å². The zero-order valence-electron chi connectivity index (χ0n) is 14.1. The quantitative estimate of drug-likeness (QED) is 0.732. The molecular formula is C18H19ClF2N2O3. The van der Waals surface area contributed by atoms with E-state index in [2.05, 4.69) is 12.2 Å². The molecule has 0 aliphatic rings. The Morgan fingerprint density at radius 3 is 2.12 bits per heavy atom. The van der Waals surface area contributed by atoms with Crippen LogP contribution in [0.25, 0.3) is 0 Å². The summed E-state index contributed by atoms with van der Waals surface area (Å²) in [4.78, 5) is 23.3. The van der Waals surface area contributed by atoms with Crippen LogP contribution in [-0.2, 0) is 0 Å². The summed E-state index contributed by atoms with van der Waals surface area (Å²) < 4.78 is 26.8. The van der Waals surface area contributed by atoms with E-state index in [0.717, 1.165) is 31.0 Å². The molecule has 0 fully saturated rings. The smallest absolute Gasteiger partial charge is 0.326 e. The molecule has 3 N–H and O–H groups in total. The van der Waals surface area contributed by atoms with Gasteiger partial charge < -0.3 is 10.4 Å². The zero-order valence-corrected chi connectivity index (χ0v) is 14.8. The van der Waals surface area contributed by atoms with E-state index in [0.29, 0.717) is 17.3 Å². The maximum atomic E-state index is 13.4. The molecule has 2 aromatic rings. The lowest BCUT2D eigenvalue weighted by atomic mass is 10.2. The number of rotatable bonds is 4. The lowest BCUT2D eigenvalue weighted by molar-refractivity contribution is 0.0959. The second-order valence-corrected chi connectivity index (χ2v) is 5.53. The molecule has 8 heteroatoms. The lowest BCUT2D eigenvalue weighted by Gasteiger charge is -2.08. The fraction of sp³-hybridized carbons (Fsp3) is 0.222. The number of hydrogen-bond donors (Lipinski definition) is 3. The predicted molar refractivity (Wildman–Crippen MR) is 96.3 cm³/mol. The minimum absolute atomic E-state index is 0.344. The summed E-state index contributed by atoms with van der Waals surface area (Å²) in [7, 11) is 0. The molecule has 5 nitrogen and oxygen atoms in total. The molecule has 2 aromatic carbocycles. The van der Waals surface area contributed by atoms with E-state index in [1.807, 2.05) is 5.32 Å². The number of urea groups is 1. The number of imide groups is 1. The molecular weight excluding hydrogens is 366 g/mol. The first kappa shape index (κ1) is 21.5. The first-order chi connectivity index (χ1) is 12.4. The second-order valence-electron chi connectivity index (χ2n) is 5.09. The maximum absolute atomic E-state index is 13.4. The molecule has 0 atom stereocenters. The first-order valence-electron chi connectivity index (χ1n) is 7.81. The number of halogens is 3. The monoisotopic (exact) mass is 384 g/mol. The van der Waals surface area contributed by atoms with Crippen molar-refractivity contribution >= 4 is 29.2 Å². The van der Waals surface area contributed by atoms with Crippen molar-refractivity contribution in [2.75, 3.05) is 11.9 Å². The van der Waals surface area contributed by atoms with E-state index in [1.54, 1.807) is 0 Å². The van der Waals surface area contributed by atoms with Crippen LogP contribution in [0.2, 0.25) is 5.02 Å².